The number of benzene rings is 1. The lowest BCUT2D eigenvalue weighted by atomic mass is 9.91. The molecular formula is C16H25N3O. The lowest BCUT2D eigenvalue weighted by Crippen LogP contribution is -2.40. The first kappa shape index (κ1) is 14.9. The number of amides is 1. The number of carbonyl (C=O) groups excluding carboxylic acids is 1. The molecular weight excluding hydrogens is 250 g/mol. The Bertz CT molecular complexity index is 487. The molecule has 110 valence electrons. The van der Waals surface area contributed by atoms with E-state index >= 15 is 0 Å². The zero-order valence-electron chi connectivity index (χ0n) is 12.6. The summed E-state index contributed by atoms with van der Waals surface area (Å²) in [5.74, 6) is 0.297. The standard InChI is InChI=1S/C16H25N3O/c1-11-9-13(16(17)20)6-7-15(11)18-12(2)14-5-4-8-19(3)10-14/h6-7,9,12,14,18H,4-5,8,10H2,1-3H3,(H2,17,20). The van der Waals surface area contributed by atoms with Crippen molar-refractivity contribution in [2.45, 2.75) is 32.7 Å². The van der Waals surface area contributed by atoms with Crippen LogP contribution in [0.5, 0.6) is 0 Å². The first-order valence-corrected chi connectivity index (χ1v) is 7.33. The summed E-state index contributed by atoms with van der Waals surface area (Å²) in [6, 6.07) is 6.02. The van der Waals surface area contributed by atoms with Crippen molar-refractivity contribution in [3.8, 4) is 0 Å². The maximum atomic E-state index is 11.2. The van der Waals surface area contributed by atoms with E-state index in [9.17, 15) is 4.79 Å². The molecule has 1 fully saturated rings. The Hall–Kier alpha value is -1.55. The van der Waals surface area contributed by atoms with Crippen molar-refractivity contribution in [1.82, 2.24) is 4.90 Å². The molecule has 0 saturated carbocycles. The van der Waals surface area contributed by atoms with Gasteiger partial charge in [0.15, 0.2) is 0 Å². The molecule has 20 heavy (non-hydrogen) atoms. The highest BCUT2D eigenvalue weighted by Gasteiger charge is 2.23. The Morgan fingerprint density at radius 2 is 2.25 bits per heavy atom. The van der Waals surface area contributed by atoms with Gasteiger partial charge in [-0.05, 0) is 70.0 Å². The fourth-order valence-electron chi connectivity index (χ4n) is 2.96. The number of rotatable bonds is 4. The summed E-state index contributed by atoms with van der Waals surface area (Å²) >= 11 is 0. The average Bonchev–Trinajstić information content (AvgIpc) is 2.40. The fraction of sp³-hybridized carbons (Fsp3) is 0.562. The Labute approximate surface area is 121 Å². The van der Waals surface area contributed by atoms with Crippen LogP contribution >= 0.6 is 0 Å². The Balaban J connectivity index is 2.03. The molecule has 3 N–H and O–H groups in total. The molecule has 0 radical (unpaired) electrons. The first-order chi connectivity index (χ1) is 9.47. The minimum Gasteiger partial charge on any atom is -0.382 e. The molecule has 0 spiro atoms. The van der Waals surface area contributed by atoms with Crippen LogP contribution in [0.2, 0.25) is 0 Å². The van der Waals surface area contributed by atoms with Gasteiger partial charge in [0.1, 0.15) is 0 Å². The zero-order chi connectivity index (χ0) is 14.7. The van der Waals surface area contributed by atoms with E-state index in [0.29, 0.717) is 17.5 Å². The number of hydrogen-bond acceptors (Lipinski definition) is 3. The number of nitrogens with one attached hydrogen (secondary N) is 1. The van der Waals surface area contributed by atoms with E-state index in [1.165, 1.54) is 19.4 Å². The second kappa shape index (κ2) is 6.27. The number of anilines is 1. The van der Waals surface area contributed by atoms with Crippen molar-refractivity contribution in [1.29, 1.82) is 0 Å². The second-order valence-electron chi connectivity index (χ2n) is 5.99. The van der Waals surface area contributed by atoms with Crippen LogP contribution in [0, 0.1) is 12.8 Å². The van der Waals surface area contributed by atoms with E-state index in [0.717, 1.165) is 17.8 Å². The van der Waals surface area contributed by atoms with Gasteiger partial charge in [-0.25, -0.2) is 0 Å². The fourth-order valence-corrected chi connectivity index (χ4v) is 2.96. The molecule has 1 amide bonds. The van der Waals surface area contributed by atoms with Crippen molar-refractivity contribution >= 4 is 11.6 Å². The van der Waals surface area contributed by atoms with Crippen LogP contribution in [0.3, 0.4) is 0 Å². The molecule has 0 bridgehead atoms. The van der Waals surface area contributed by atoms with E-state index < -0.39 is 0 Å². The molecule has 0 aromatic heterocycles. The first-order valence-electron chi connectivity index (χ1n) is 7.33. The van der Waals surface area contributed by atoms with E-state index in [-0.39, 0.29) is 5.91 Å². The summed E-state index contributed by atoms with van der Waals surface area (Å²) < 4.78 is 0. The molecule has 2 rings (SSSR count). The van der Waals surface area contributed by atoms with Gasteiger partial charge in [-0.1, -0.05) is 0 Å². The molecule has 4 nitrogen and oxygen atoms in total. The Kier molecular flexibility index (Phi) is 4.65. The van der Waals surface area contributed by atoms with Crippen molar-refractivity contribution in [3.63, 3.8) is 0 Å². The van der Waals surface area contributed by atoms with Gasteiger partial charge in [0.2, 0.25) is 5.91 Å². The van der Waals surface area contributed by atoms with Crippen molar-refractivity contribution in [2.75, 3.05) is 25.5 Å². The van der Waals surface area contributed by atoms with Gasteiger partial charge >= 0.3 is 0 Å². The zero-order valence-corrected chi connectivity index (χ0v) is 12.6. The number of nitrogens with zero attached hydrogens (tertiary/aromatic N) is 1. The van der Waals surface area contributed by atoms with E-state index in [1.807, 2.05) is 19.1 Å². The smallest absolute Gasteiger partial charge is 0.248 e. The van der Waals surface area contributed by atoms with Gasteiger partial charge in [0.25, 0.3) is 0 Å². The molecule has 1 saturated heterocycles. The lowest BCUT2D eigenvalue weighted by molar-refractivity contribution is 0.1000. The topological polar surface area (TPSA) is 58.4 Å². The maximum Gasteiger partial charge on any atom is 0.248 e. The van der Waals surface area contributed by atoms with Crippen molar-refractivity contribution < 1.29 is 4.79 Å². The lowest BCUT2D eigenvalue weighted by Gasteiger charge is -2.34. The second-order valence-corrected chi connectivity index (χ2v) is 5.99. The molecule has 2 unspecified atom stereocenters. The molecule has 1 aliphatic heterocycles. The SMILES string of the molecule is Cc1cc(C(N)=O)ccc1NC(C)C1CCCN(C)C1. The van der Waals surface area contributed by atoms with Crippen LogP contribution in [-0.4, -0.2) is 37.0 Å². The largest absolute Gasteiger partial charge is 0.382 e. The third-order valence-corrected chi connectivity index (χ3v) is 4.26. The summed E-state index contributed by atoms with van der Waals surface area (Å²) in [6.45, 7) is 6.60. The number of aryl methyl sites for hydroxylation is 1. The highest BCUT2D eigenvalue weighted by molar-refractivity contribution is 5.93. The number of carbonyl (C=O) groups is 1. The highest BCUT2D eigenvalue weighted by atomic mass is 16.1. The van der Waals surface area contributed by atoms with Crippen LogP contribution in [0.25, 0.3) is 0 Å². The van der Waals surface area contributed by atoms with E-state index in [2.05, 4.69) is 24.2 Å². The predicted molar refractivity (Wildman–Crippen MR) is 83.0 cm³/mol. The van der Waals surface area contributed by atoms with E-state index in [4.69, 9.17) is 5.73 Å². The normalized spacial score (nSPS) is 21.4. The number of primary amides is 1. The predicted octanol–water partition coefficient (Wildman–Crippen LogP) is 2.24. The Morgan fingerprint density at radius 3 is 2.85 bits per heavy atom. The van der Waals surface area contributed by atoms with Gasteiger partial charge in [-0.3, -0.25) is 4.79 Å². The van der Waals surface area contributed by atoms with Gasteiger partial charge < -0.3 is 16.0 Å². The summed E-state index contributed by atoms with van der Waals surface area (Å²) in [5, 5.41) is 3.59. The van der Waals surface area contributed by atoms with Crippen LogP contribution in [-0.2, 0) is 0 Å². The van der Waals surface area contributed by atoms with Crippen molar-refractivity contribution in [2.24, 2.45) is 11.7 Å². The van der Waals surface area contributed by atoms with Gasteiger partial charge in [0, 0.05) is 23.8 Å². The molecule has 2 atom stereocenters. The highest BCUT2D eigenvalue weighted by Crippen LogP contribution is 2.23. The maximum absolute atomic E-state index is 11.2. The molecule has 1 aliphatic rings. The van der Waals surface area contributed by atoms with Crippen molar-refractivity contribution in [3.05, 3.63) is 29.3 Å². The van der Waals surface area contributed by atoms with Gasteiger partial charge in [0.05, 0.1) is 0 Å². The third-order valence-electron chi connectivity index (χ3n) is 4.26. The third kappa shape index (κ3) is 3.51. The molecule has 4 heteroatoms. The molecule has 1 aromatic rings. The van der Waals surface area contributed by atoms with Gasteiger partial charge in [-0.15, -0.1) is 0 Å². The summed E-state index contributed by atoms with van der Waals surface area (Å²) in [6.07, 6.45) is 2.55. The van der Waals surface area contributed by atoms with Crippen LogP contribution in [0.1, 0.15) is 35.7 Å². The van der Waals surface area contributed by atoms with E-state index in [1.54, 1.807) is 6.07 Å². The quantitative estimate of drug-likeness (QED) is 0.886. The number of hydrogen-bond donors (Lipinski definition) is 2. The number of piperidine rings is 1. The van der Waals surface area contributed by atoms with Crippen LogP contribution < -0.4 is 11.1 Å². The molecule has 1 heterocycles. The molecule has 0 aliphatic carbocycles. The summed E-state index contributed by atoms with van der Waals surface area (Å²) in [7, 11) is 2.19. The summed E-state index contributed by atoms with van der Waals surface area (Å²) in [4.78, 5) is 13.6. The van der Waals surface area contributed by atoms with Crippen LogP contribution in [0.4, 0.5) is 5.69 Å². The minimum atomic E-state index is -0.374. The number of nitrogens with two attached hydrogens (primary N) is 1. The number of likely N-dealkylation sites (tertiary alicyclic amines) is 1. The monoisotopic (exact) mass is 275 g/mol. The van der Waals surface area contributed by atoms with Crippen LogP contribution in [0.15, 0.2) is 18.2 Å². The molecule has 1 aromatic carbocycles. The minimum absolute atomic E-state index is 0.374. The summed E-state index contributed by atoms with van der Waals surface area (Å²) in [5.41, 5.74) is 8.03. The Morgan fingerprint density at radius 1 is 1.50 bits per heavy atom. The van der Waals surface area contributed by atoms with Gasteiger partial charge in [-0.2, -0.15) is 0 Å². The average molecular weight is 275 g/mol.